The van der Waals surface area contributed by atoms with E-state index in [1.165, 1.54) is 0 Å². The standard InChI is InChI=1S/C26H33N5O6/c27-14-8-7-13-19(24(34)31-21(26(36)37)16-22(28)32)29-25(35)20(15-17-9-3-1-4-10-17)30-23(33)18-11-5-2-6-12-18/h1-6,9-12,19-21H,7-8,13-16,27H2,(H2,28,32)(H,29,35)(H,30,33)(H,31,34)(H,36,37)/t19-,20-,21-/m0/s1. The lowest BCUT2D eigenvalue weighted by atomic mass is 10.0. The molecule has 0 saturated heterocycles. The van der Waals surface area contributed by atoms with E-state index in [1.54, 1.807) is 42.5 Å². The van der Waals surface area contributed by atoms with Gasteiger partial charge in [0.25, 0.3) is 5.91 Å². The Morgan fingerprint density at radius 2 is 1.32 bits per heavy atom. The maximum atomic E-state index is 13.3. The lowest BCUT2D eigenvalue weighted by Gasteiger charge is -2.24. The minimum atomic E-state index is -1.54. The summed E-state index contributed by atoms with van der Waals surface area (Å²) >= 11 is 0. The van der Waals surface area contributed by atoms with Gasteiger partial charge in [-0.1, -0.05) is 48.5 Å². The first-order valence-electron chi connectivity index (χ1n) is 11.9. The summed E-state index contributed by atoms with van der Waals surface area (Å²) in [5.41, 5.74) is 11.8. The molecule has 0 saturated carbocycles. The summed E-state index contributed by atoms with van der Waals surface area (Å²) in [6, 6.07) is 13.7. The van der Waals surface area contributed by atoms with Gasteiger partial charge in [-0.05, 0) is 43.5 Å². The normalized spacial score (nSPS) is 13.0. The van der Waals surface area contributed by atoms with Crippen molar-refractivity contribution in [2.75, 3.05) is 6.54 Å². The number of primary amides is 1. The zero-order valence-electron chi connectivity index (χ0n) is 20.4. The Kier molecular flexibility index (Phi) is 11.7. The third-order valence-electron chi connectivity index (χ3n) is 5.54. The highest BCUT2D eigenvalue weighted by Crippen LogP contribution is 2.08. The third-order valence-corrected chi connectivity index (χ3v) is 5.54. The van der Waals surface area contributed by atoms with Crippen LogP contribution in [-0.2, 0) is 25.6 Å². The fourth-order valence-corrected chi connectivity index (χ4v) is 3.60. The Hall–Kier alpha value is -4.25. The lowest BCUT2D eigenvalue weighted by Crippen LogP contribution is -2.56. The molecular formula is C26H33N5O6. The van der Waals surface area contributed by atoms with Crippen molar-refractivity contribution >= 4 is 29.6 Å². The molecule has 4 amide bonds. The molecule has 0 aliphatic heterocycles. The molecule has 0 bridgehead atoms. The van der Waals surface area contributed by atoms with Crippen molar-refractivity contribution in [2.45, 2.75) is 50.2 Å². The van der Waals surface area contributed by atoms with Crippen LogP contribution in [0.2, 0.25) is 0 Å². The molecule has 0 heterocycles. The van der Waals surface area contributed by atoms with Crippen LogP contribution in [0.4, 0.5) is 0 Å². The van der Waals surface area contributed by atoms with E-state index in [2.05, 4.69) is 16.0 Å². The van der Waals surface area contributed by atoms with Crippen LogP contribution in [0.3, 0.4) is 0 Å². The number of carboxylic acid groups (broad SMARTS) is 1. The van der Waals surface area contributed by atoms with Crippen LogP contribution >= 0.6 is 0 Å². The second-order valence-electron chi connectivity index (χ2n) is 8.50. The van der Waals surface area contributed by atoms with Gasteiger partial charge in [-0.15, -0.1) is 0 Å². The first-order valence-corrected chi connectivity index (χ1v) is 11.9. The molecule has 8 N–H and O–H groups in total. The van der Waals surface area contributed by atoms with Crippen molar-refractivity contribution in [1.82, 2.24) is 16.0 Å². The molecular weight excluding hydrogens is 478 g/mol. The minimum absolute atomic E-state index is 0.155. The Morgan fingerprint density at radius 3 is 1.89 bits per heavy atom. The van der Waals surface area contributed by atoms with Gasteiger partial charge >= 0.3 is 5.97 Å². The van der Waals surface area contributed by atoms with E-state index < -0.39 is 54.1 Å². The molecule has 11 nitrogen and oxygen atoms in total. The van der Waals surface area contributed by atoms with Crippen molar-refractivity contribution in [2.24, 2.45) is 11.5 Å². The highest BCUT2D eigenvalue weighted by molar-refractivity contribution is 5.98. The number of rotatable bonds is 15. The maximum absolute atomic E-state index is 13.3. The summed E-state index contributed by atoms with van der Waals surface area (Å²) < 4.78 is 0. The fourth-order valence-electron chi connectivity index (χ4n) is 3.60. The predicted octanol–water partition coefficient (Wildman–Crippen LogP) is 0.0863. The predicted molar refractivity (Wildman–Crippen MR) is 136 cm³/mol. The van der Waals surface area contributed by atoms with E-state index in [0.717, 1.165) is 5.56 Å². The molecule has 0 unspecified atom stereocenters. The van der Waals surface area contributed by atoms with E-state index in [1.807, 2.05) is 18.2 Å². The van der Waals surface area contributed by atoms with E-state index in [-0.39, 0.29) is 12.8 Å². The Bertz CT molecular complexity index is 1060. The summed E-state index contributed by atoms with van der Waals surface area (Å²) in [5.74, 6) is -4.21. The van der Waals surface area contributed by atoms with Crippen LogP contribution < -0.4 is 27.4 Å². The van der Waals surface area contributed by atoms with Crippen LogP contribution in [0.5, 0.6) is 0 Å². The molecule has 0 aromatic heterocycles. The van der Waals surface area contributed by atoms with Crippen LogP contribution in [0.1, 0.15) is 41.6 Å². The van der Waals surface area contributed by atoms with Gasteiger partial charge in [-0.3, -0.25) is 19.2 Å². The lowest BCUT2D eigenvalue weighted by molar-refractivity contribution is -0.143. The Labute approximate surface area is 215 Å². The topological polar surface area (TPSA) is 194 Å². The zero-order chi connectivity index (χ0) is 27.2. The molecule has 0 aliphatic carbocycles. The van der Waals surface area contributed by atoms with E-state index in [0.29, 0.717) is 24.9 Å². The van der Waals surface area contributed by atoms with Crippen molar-refractivity contribution in [1.29, 1.82) is 0 Å². The SMILES string of the molecule is NCCCC[C@H](NC(=O)[C@H](Cc1ccccc1)NC(=O)c1ccccc1)C(=O)N[C@@H](CC(N)=O)C(=O)O. The third kappa shape index (κ3) is 10.1. The molecule has 3 atom stereocenters. The number of benzene rings is 2. The summed E-state index contributed by atoms with van der Waals surface area (Å²) in [6.07, 6.45) is 0.766. The molecule has 2 aromatic carbocycles. The van der Waals surface area contributed by atoms with Gasteiger partial charge in [0.1, 0.15) is 18.1 Å². The Balaban J connectivity index is 2.23. The second-order valence-corrected chi connectivity index (χ2v) is 8.50. The number of nitrogens with one attached hydrogen (secondary N) is 3. The van der Waals surface area contributed by atoms with E-state index in [9.17, 15) is 29.1 Å². The molecule has 0 radical (unpaired) electrons. The quantitative estimate of drug-likeness (QED) is 0.182. The molecule has 0 spiro atoms. The van der Waals surface area contributed by atoms with Gasteiger partial charge in [0.15, 0.2) is 0 Å². The van der Waals surface area contributed by atoms with E-state index >= 15 is 0 Å². The van der Waals surface area contributed by atoms with Gasteiger partial charge in [0.2, 0.25) is 17.7 Å². The molecule has 0 aliphatic rings. The number of carboxylic acids is 1. The van der Waals surface area contributed by atoms with Gasteiger partial charge in [-0.2, -0.15) is 0 Å². The summed E-state index contributed by atoms with van der Waals surface area (Å²) in [5, 5.41) is 17.0. The van der Waals surface area contributed by atoms with Crippen LogP contribution in [0, 0.1) is 0 Å². The average molecular weight is 512 g/mol. The van der Waals surface area contributed by atoms with Crippen molar-refractivity contribution in [3.8, 4) is 0 Å². The summed E-state index contributed by atoms with van der Waals surface area (Å²) in [6.45, 7) is 0.367. The molecule has 198 valence electrons. The largest absolute Gasteiger partial charge is 0.480 e. The molecule has 2 rings (SSSR count). The van der Waals surface area contributed by atoms with E-state index in [4.69, 9.17) is 11.5 Å². The number of hydrogen-bond donors (Lipinski definition) is 6. The van der Waals surface area contributed by atoms with Gasteiger partial charge < -0.3 is 32.5 Å². The molecule has 37 heavy (non-hydrogen) atoms. The zero-order valence-corrected chi connectivity index (χ0v) is 20.4. The average Bonchev–Trinajstić information content (AvgIpc) is 2.88. The minimum Gasteiger partial charge on any atom is -0.480 e. The van der Waals surface area contributed by atoms with Crippen molar-refractivity contribution < 1.29 is 29.1 Å². The summed E-state index contributed by atoms with van der Waals surface area (Å²) in [4.78, 5) is 61.8. The first kappa shape index (κ1) is 29.0. The summed E-state index contributed by atoms with van der Waals surface area (Å²) in [7, 11) is 0. The second kappa shape index (κ2) is 15.0. The van der Waals surface area contributed by atoms with Gasteiger partial charge in [-0.25, -0.2) is 4.79 Å². The highest BCUT2D eigenvalue weighted by atomic mass is 16.4. The molecule has 11 heteroatoms. The number of carbonyl (C=O) groups is 5. The molecule has 2 aromatic rings. The van der Waals surface area contributed by atoms with Gasteiger partial charge in [0.05, 0.1) is 6.42 Å². The number of aliphatic carboxylic acids is 1. The Morgan fingerprint density at radius 1 is 0.757 bits per heavy atom. The smallest absolute Gasteiger partial charge is 0.326 e. The first-order chi connectivity index (χ1) is 17.7. The number of carbonyl (C=O) groups excluding carboxylic acids is 4. The number of nitrogens with two attached hydrogens (primary N) is 2. The number of hydrogen-bond acceptors (Lipinski definition) is 6. The van der Waals surface area contributed by atoms with Crippen LogP contribution in [-0.4, -0.2) is 59.4 Å². The molecule has 0 fully saturated rings. The van der Waals surface area contributed by atoms with Crippen LogP contribution in [0.25, 0.3) is 0 Å². The maximum Gasteiger partial charge on any atom is 0.326 e. The van der Waals surface area contributed by atoms with Crippen molar-refractivity contribution in [3.05, 3.63) is 71.8 Å². The fraction of sp³-hybridized carbons (Fsp3) is 0.346. The highest BCUT2D eigenvalue weighted by Gasteiger charge is 2.30. The van der Waals surface area contributed by atoms with Gasteiger partial charge in [0, 0.05) is 12.0 Å². The number of amides is 4. The number of unbranched alkanes of at least 4 members (excludes halogenated alkanes) is 1. The van der Waals surface area contributed by atoms with Crippen LogP contribution in [0.15, 0.2) is 60.7 Å². The monoisotopic (exact) mass is 511 g/mol. The van der Waals surface area contributed by atoms with Crippen molar-refractivity contribution in [3.63, 3.8) is 0 Å².